The topological polar surface area (TPSA) is 99.5 Å². The van der Waals surface area contributed by atoms with Crippen molar-refractivity contribution in [3.8, 4) is 11.1 Å². The number of aliphatic hydroxyl groups is 1. The summed E-state index contributed by atoms with van der Waals surface area (Å²) >= 11 is 1.67. The predicted molar refractivity (Wildman–Crippen MR) is 208 cm³/mol. The van der Waals surface area contributed by atoms with Gasteiger partial charge in [0.25, 0.3) is 11.5 Å². The quantitative estimate of drug-likeness (QED) is 0.220. The number of rotatable bonds is 6. The largest absolute Gasteiger partial charge is 0.392 e. The second kappa shape index (κ2) is 11.3. The van der Waals surface area contributed by atoms with E-state index >= 15 is 0 Å². The van der Waals surface area contributed by atoms with Crippen LogP contribution in [0.5, 0.6) is 0 Å². The molecule has 7 rings (SSSR count). The number of nitrogens with zero attached hydrogens (tertiary/aromatic N) is 3. The molecule has 0 saturated carbocycles. The van der Waals surface area contributed by atoms with Crippen LogP contribution in [0.15, 0.2) is 53.6 Å². The van der Waals surface area contributed by atoms with Crippen LogP contribution in [-0.4, -0.2) is 87.3 Å². The van der Waals surface area contributed by atoms with E-state index < -0.39 is 0 Å². The van der Waals surface area contributed by atoms with E-state index in [4.69, 9.17) is 0 Å². The van der Waals surface area contributed by atoms with Gasteiger partial charge in [-0.05, 0) is 53.3 Å². The van der Waals surface area contributed by atoms with Crippen molar-refractivity contribution < 1.29 is 9.90 Å². The highest BCUT2D eigenvalue weighted by Crippen LogP contribution is 2.61. The first-order valence-corrected chi connectivity index (χ1v) is 17.4. The molecule has 0 spiro atoms. The fourth-order valence-electron chi connectivity index (χ4n) is 7.83. The molecule has 3 N–H and O–H groups in total. The number of hydrogen-bond acceptors (Lipinski definition) is 7. The average molecular weight is 639 g/mol. The number of anilines is 3. The van der Waals surface area contributed by atoms with E-state index in [1.165, 1.54) is 21.6 Å². The maximum absolute atomic E-state index is 14.3. The molecule has 5 heterocycles. The van der Waals surface area contributed by atoms with Gasteiger partial charge in [0.1, 0.15) is 27.2 Å². The van der Waals surface area contributed by atoms with Crippen molar-refractivity contribution in [2.45, 2.75) is 41.0 Å². The first-order valence-electron chi connectivity index (χ1n) is 16.6. The SMILES string of the molecule is BC1(B)Cc2sc3c(c2C(B)(B)C1(B)B)CCN(c1cccc(-c2cc(Nc4ccc(C5CNC5)cn4)c(=O)n(C)c2)c1CO)C3=O. The molecule has 3 aromatic heterocycles. The number of aryl methyl sites for hydroxylation is 1. The van der Waals surface area contributed by atoms with Crippen LogP contribution in [0.3, 0.4) is 0 Å². The Balaban J connectivity index is 1.23. The number of nitrogens with one attached hydrogen (secondary N) is 2. The Hall–Kier alpha value is -3.40. The van der Waals surface area contributed by atoms with Crippen LogP contribution in [0, 0.1) is 0 Å². The first-order chi connectivity index (χ1) is 22.2. The minimum Gasteiger partial charge on any atom is -0.392 e. The number of carbonyl (C=O) groups is 1. The van der Waals surface area contributed by atoms with Gasteiger partial charge in [-0.3, -0.25) is 9.59 Å². The Morgan fingerprint density at radius 1 is 1.11 bits per heavy atom. The lowest BCUT2D eigenvalue weighted by Crippen LogP contribution is -2.54. The maximum Gasteiger partial charge on any atom is 0.274 e. The van der Waals surface area contributed by atoms with Crippen molar-refractivity contribution in [3.63, 3.8) is 0 Å². The lowest BCUT2D eigenvalue weighted by atomic mass is 9.15. The summed E-state index contributed by atoms with van der Waals surface area (Å²) in [6.07, 6.45) is 5.38. The molecule has 4 aromatic rings. The highest BCUT2D eigenvalue weighted by molar-refractivity contribution is 7.14. The van der Waals surface area contributed by atoms with E-state index in [0.29, 0.717) is 35.2 Å². The van der Waals surface area contributed by atoms with Crippen LogP contribution >= 0.6 is 11.3 Å². The van der Waals surface area contributed by atoms with Gasteiger partial charge in [-0.25, -0.2) is 4.98 Å². The van der Waals surface area contributed by atoms with Crippen molar-refractivity contribution >= 4 is 81.5 Å². The summed E-state index contributed by atoms with van der Waals surface area (Å²) in [6, 6.07) is 11.5. The van der Waals surface area contributed by atoms with Crippen LogP contribution < -0.4 is 21.1 Å². The summed E-state index contributed by atoms with van der Waals surface area (Å²) in [4.78, 5) is 36.1. The van der Waals surface area contributed by atoms with E-state index in [1.54, 1.807) is 35.2 Å². The molecule has 1 aromatic carbocycles. The normalized spacial score (nSPS) is 19.4. The molecule has 1 saturated heterocycles. The van der Waals surface area contributed by atoms with Gasteiger partial charge in [0.15, 0.2) is 0 Å². The van der Waals surface area contributed by atoms with Crippen LogP contribution in [0.4, 0.5) is 17.2 Å². The summed E-state index contributed by atoms with van der Waals surface area (Å²) in [5, 5.41) is 17.3. The number of hydrogen-bond donors (Lipinski definition) is 3. The number of benzene rings is 1. The summed E-state index contributed by atoms with van der Waals surface area (Å²) in [7, 11) is 15.9. The highest BCUT2D eigenvalue weighted by Gasteiger charge is 2.54. The fourth-order valence-corrected chi connectivity index (χ4v) is 9.52. The average Bonchev–Trinajstić information content (AvgIpc) is 3.37. The Kier molecular flexibility index (Phi) is 7.77. The maximum atomic E-state index is 14.3. The van der Waals surface area contributed by atoms with Gasteiger partial charge in [-0.1, -0.05) is 33.8 Å². The summed E-state index contributed by atoms with van der Waals surface area (Å²) in [5.41, 5.74) is 6.88. The van der Waals surface area contributed by atoms with Gasteiger partial charge in [0.05, 0.1) is 48.6 Å². The third-order valence-corrected chi connectivity index (χ3v) is 13.2. The lowest BCUT2D eigenvalue weighted by Gasteiger charge is -2.58. The van der Waals surface area contributed by atoms with Gasteiger partial charge < -0.3 is 25.2 Å². The fraction of sp³-hybridized carbons (Fsp3) is 0.344. The van der Waals surface area contributed by atoms with Crippen LogP contribution in [0.1, 0.15) is 42.7 Å². The summed E-state index contributed by atoms with van der Waals surface area (Å²) in [5.74, 6) is 1.07. The molecule has 0 bridgehead atoms. The van der Waals surface area contributed by atoms with Crippen molar-refractivity contribution in [1.29, 1.82) is 0 Å². The van der Waals surface area contributed by atoms with Gasteiger partial charge >= 0.3 is 0 Å². The lowest BCUT2D eigenvalue weighted by molar-refractivity contribution is 0.0984. The highest BCUT2D eigenvalue weighted by atomic mass is 32.1. The van der Waals surface area contributed by atoms with Crippen molar-refractivity contribution in [2.24, 2.45) is 7.05 Å². The second-order valence-electron chi connectivity index (χ2n) is 15.2. The zero-order valence-electron chi connectivity index (χ0n) is 28.5. The molecule has 3 aliphatic rings. The molecule has 47 heavy (non-hydrogen) atoms. The number of aliphatic hydroxyl groups excluding tert-OH is 1. The molecule has 15 heteroatoms. The molecule has 1 amide bonds. The third kappa shape index (κ3) is 4.99. The number of thiophene rings is 1. The molecule has 0 radical (unpaired) electrons. The first kappa shape index (κ1) is 32.2. The van der Waals surface area contributed by atoms with Gasteiger partial charge in [-0.2, -0.15) is 0 Å². The molecule has 1 aliphatic carbocycles. The van der Waals surface area contributed by atoms with Crippen molar-refractivity contribution in [3.05, 3.63) is 91.2 Å². The van der Waals surface area contributed by atoms with E-state index in [2.05, 4.69) is 68.8 Å². The van der Waals surface area contributed by atoms with Gasteiger partial charge in [0, 0.05) is 61.0 Å². The van der Waals surface area contributed by atoms with E-state index in [1.807, 2.05) is 35.4 Å². The zero-order chi connectivity index (χ0) is 33.5. The van der Waals surface area contributed by atoms with Gasteiger partial charge in [0.2, 0.25) is 0 Å². The monoisotopic (exact) mass is 639 g/mol. The predicted octanol–water partition coefficient (Wildman–Crippen LogP) is -1.63. The molecule has 234 valence electrons. The molecular weight excluding hydrogens is 599 g/mol. The van der Waals surface area contributed by atoms with E-state index in [-0.39, 0.29) is 33.7 Å². The molecule has 8 nitrogen and oxygen atoms in total. The molecule has 2 aliphatic heterocycles. The Bertz CT molecular complexity index is 1970. The smallest absolute Gasteiger partial charge is 0.274 e. The van der Waals surface area contributed by atoms with Crippen molar-refractivity contribution in [1.82, 2.24) is 14.9 Å². The van der Waals surface area contributed by atoms with E-state index in [9.17, 15) is 14.7 Å². The number of amides is 1. The summed E-state index contributed by atoms with van der Waals surface area (Å²) in [6.45, 7) is 2.21. The minimum absolute atomic E-state index is 0.000988. The molecule has 1 fully saturated rings. The number of aromatic nitrogens is 2. The van der Waals surface area contributed by atoms with Crippen LogP contribution in [0.25, 0.3) is 11.1 Å². The standard InChI is InChI=1S/C32H39B6N5O3S/c1-42-14-17(9-22(28(42)45)41-25-6-5-16(13-40-25)18-11-39-12-18)19-3-2-4-23(21(19)15-44)43-8-7-20-26-24(47-27(20)29(43)46)10-30(33,34)32(37,38)31(26,35)36/h2-6,9,13-14,18,39,44H,7-8,10-12,15,33-38H2,1H3,(H,40,41). The molecular formula is C32H39B6N5O3S. The third-order valence-electron chi connectivity index (χ3n) is 12.0. The van der Waals surface area contributed by atoms with Crippen LogP contribution in [-0.2, 0) is 31.7 Å². The molecule has 0 atom stereocenters. The Morgan fingerprint density at radius 2 is 1.87 bits per heavy atom. The Morgan fingerprint density at radius 3 is 2.53 bits per heavy atom. The number of fused-ring (bicyclic) bond motifs is 3. The summed E-state index contributed by atoms with van der Waals surface area (Å²) < 4.78 is 1.54. The zero-order valence-corrected chi connectivity index (χ0v) is 29.3. The minimum atomic E-state index is -0.247. The Labute approximate surface area is 285 Å². The van der Waals surface area contributed by atoms with Gasteiger partial charge in [-0.15, -0.1) is 11.3 Å². The second-order valence-corrected chi connectivity index (χ2v) is 16.3. The number of carbonyl (C=O) groups excluding carboxylic acids is 1. The van der Waals surface area contributed by atoms with Crippen molar-refractivity contribution in [2.75, 3.05) is 29.9 Å². The van der Waals surface area contributed by atoms with Crippen LogP contribution in [0.2, 0.25) is 10.4 Å². The molecule has 0 unspecified atom stereocenters. The van der Waals surface area contributed by atoms with E-state index in [0.717, 1.165) is 41.9 Å². The number of pyridine rings is 2.